The van der Waals surface area contributed by atoms with Crippen LogP contribution in [0.1, 0.15) is 15.9 Å². The van der Waals surface area contributed by atoms with Crippen molar-refractivity contribution in [1.82, 2.24) is 10.4 Å². The maximum absolute atomic E-state index is 12.8. The average Bonchev–Trinajstić information content (AvgIpc) is 3.05. The van der Waals surface area contributed by atoms with Gasteiger partial charge in [0.25, 0.3) is 17.5 Å². The number of non-ortho nitro benzene ring substituents is 1. The highest BCUT2D eigenvalue weighted by Gasteiger charge is 2.34. The fraction of sp³-hybridized carbons (Fsp3) is 0.150. The first-order valence-electron chi connectivity index (χ1n) is 8.92. The Hall–Kier alpha value is -3.64. The second kappa shape index (κ2) is 9.66. The summed E-state index contributed by atoms with van der Waals surface area (Å²) in [7, 11) is 4.43. The van der Waals surface area contributed by atoms with Crippen molar-refractivity contribution in [2.24, 2.45) is 0 Å². The minimum absolute atomic E-state index is 0.0156. The van der Waals surface area contributed by atoms with E-state index < -0.39 is 16.7 Å². The quantitative estimate of drug-likeness (QED) is 0.279. The molecule has 10 nitrogen and oxygen atoms in total. The summed E-state index contributed by atoms with van der Waals surface area (Å²) in [5, 5.41) is 11.8. The SMILES string of the molecule is COc1cc(/C=C2/SC(=S)N(NC(=O)c3cccc([N+](=O)[O-])c3)C2=O)cc(OC)c1OC. The van der Waals surface area contributed by atoms with Gasteiger partial charge in [0.15, 0.2) is 15.8 Å². The number of nitrogens with zero attached hydrogens (tertiary/aromatic N) is 2. The number of methoxy groups -OCH3 is 3. The van der Waals surface area contributed by atoms with Gasteiger partial charge in [0, 0.05) is 17.7 Å². The molecule has 1 heterocycles. The molecule has 1 N–H and O–H groups in total. The number of nitrogens with one attached hydrogen (secondary N) is 1. The van der Waals surface area contributed by atoms with Crippen molar-refractivity contribution in [2.45, 2.75) is 0 Å². The number of ether oxygens (including phenoxy) is 3. The van der Waals surface area contributed by atoms with Crippen LogP contribution < -0.4 is 19.6 Å². The Kier molecular flexibility index (Phi) is 6.95. The molecule has 1 saturated heterocycles. The van der Waals surface area contributed by atoms with Gasteiger partial charge in [-0.3, -0.25) is 25.1 Å². The fourth-order valence-electron chi connectivity index (χ4n) is 2.83. The molecular formula is C20H17N3O7S2. The van der Waals surface area contributed by atoms with Gasteiger partial charge in [-0.1, -0.05) is 17.8 Å². The van der Waals surface area contributed by atoms with Crippen molar-refractivity contribution >= 4 is 51.9 Å². The molecule has 0 atom stereocenters. The number of nitro groups is 1. The molecule has 0 spiro atoms. The molecule has 0 aromatic heterocycles. The Morgan fingerprint density at radius 2 is 1.81 bits per heavy atom. The summed E-state index contributed by atoms with van der Waals surface area (Å²) in [6.45, 7) is 0. The summed E-state index contributed by atoms with van der Waals surface area (Å²) in [4.78, 5) is 35.9. The topological polar surface area (TPSA) is 120 Å². The van der Waals surface area contributed by atoms with E-state index in [0.717, 1.165) is 22.8 Å². The fourth-order valence-corrected chi connectivity index (χ4v) is 4.01. The van der Waals surface area contributed by atoms with E-state index in [9.17, 15) is 19.7 Å². The lowest BCUT2D eigenvalue weighted by atomic mass is 10.1. The van der Waals surface area contributed by atoms with Crippen LogP contribution in [0.5, 0.6) is 17.2 Å². The number of hydrogen-bond donors (Lipinski definition) is 1. The van der Waals surface area contributed by atoms with Crippen LogP contribution in [0.2, 0.25) is 0 Å². The number of nitro benzene ring substituents is 1. The Bertz CT molecular complexity index is 1120. The van der Waals surface area contributed by atoms with Crippen LogP contribution in [0.25, 0.3) is 6.08 Å². The highest BCUT2D eigenvalue weighted by Crippen LogP contribution is 2.40. The van der Waals surface area contributed by atoms with Crippen molar-refractivity contribution in [3.63, 3.8) is 0 Å². The van der Waals surface area contributed by atoms with Gasteiger partial charge in [0.1, 0.15) is 0 Å². The molecule has 2 amide bonds. The van der Waals surface area contributed by atoms with E-state index in [1.807, 2.05) is 0 Å². The lowest BCUT2D eigenvalue weighted by molar-refractivity contribution is -0.384. The minimum Gasteiger partial charge on any atom is -0.493 e. The van der Waals surface area contributed by atoms with Crippen molar-refractivity contribution in [2.75, 3.05) is 21.3 Å². The third-order valence-corrected chi connectivity index (χ3v) is 5.61. The van der Waals surface area contributed by atoms with Crippen molar-refractivity contribution < 1.29 is 28.7 Å². The largest absolute Gasteiger partial charge is 0.493 e. The van der Waals surface area contributed by atoms with Crippen molar-refractivity contribution in [3.05, 3.63) is 62.5 Å². The van der Waals surface area contributed by atoms with Gasteiger partial charge in [0.2, 0.25) is 5.75 Å². The van der Waals surface area contributed by atoms with E-state index in [0.29, 0.717) is 22.8 Å². The van der Waals surface area contributed by atoms with E-state index in [-0.39, 0.29) is 20.5 Å². The van der Waals surface area contributed by atoms with Gasteiger partial charge in [-0.15, -0.1) is 0 Å². The zero-order chi connectivity index (χ0) is 23.4. The van der Waals surface area contributed by atoms with Crippen molar-refractivity contribution in [1.29, 1.82) is 0 Å². The molecule has 12 heteroatoms. The summed E-state index contributed by atoms with van der Waals surface area (Å²) in [5.74, 6) is -0.0319. The second-order valence-electron chi connectivity index (χ2n) is 6.22. The molecule has 2 aromatic carbocycles. The second-order valence-corrected chi connectivity index (χ2v) is 7.90. The van der Waals surface area contributed by atoms with Gasteiger partial charge in [0.05, 0.1) is 31.2 Å². The highest BCUT2D eigenvalue weighted by molar-refractivity contribution is 8.26. The van der Waals surface area contributed by atoms with E-state index in [1.165, 1.54) is 39.5 Å². The van der Waals surface area contributed by atoms with Crippen LogP contribution in [0.3, 0.4) is 0 Å². The monoisotopic (exact) mass is 475 g/mol. The van der Waals surface area contributed by atoms with Gasteiger partial charge in [-0.25, -0.2) is 0 Å². The molecule has 2 aromatic rings. The lowest BCUT2D eigenvalue weighted by Gasteiger charge is -2.15. The number of hydrazine groups is 1. The number of rotatable bonds is 7. The van der Waals surface area contributed by atoms with E-state index in [4.69, 9.17) is 26.4 Å². The summed E-state index contributed by atoms with van der Waals surface area (Å²) >= 11 is 6.21. The number of amides is 2. The summed E-state index contributed by atoms with van der Waals surface area (Å²) in [5.41, 5.74) is 2.75. The number of thiocarbonyl (C=S) groups is 1. The first-order chi connectivity index (χ1) is 15.3. The predicted molar refractivity (Wildman–Crippen MR) is 122 cm³/mol. The molecule has 0 unspecified atom stereocenters. The van der Waals surface area contributed by atoms with Crippen molar-refractivity contribution in [3.8, 4) is 17.2 Å². The summed E-state index contributed by atoms with van der Waals surface area (Å²) < 4.78 is 16.0. The third kappa shape index (κ3) is 4.65. The van der Waals surface area contributed by atoms with Crippen LogP contribution in [-0.4, -0.2) is 47.4 Å². The molecule has 0 bridgehead atoms. The molecule has 0 radical (unpaired) electrons. The molecule has 1 aliphatic rings. The van der Waals surface area contributed by atoms with Gasteiger partial charge in [-0.05, 0) is 42.1 Å². The Morgan fingerprint density at radius 1 is 1.16 bits per heavy atom. The maximum Gasteiger partial charge on any atom is 0.285 e. The number of hydrogen-bond acceptors (Lipinski definition) is 9. The number of thioether (sulfide) groups is 1. The molecule has 166 valence electrons. The van der Waals surface area contributed by atoms with Crippen LogP contribution in [-0.2, 0) is 4.79 Å². The smallest absolute Gasteiger partial charge is 0.285 e. The molecule has 32 heavy (non-hydrogen) atoms. The average molecular weight is 476 g/mol. The first kappa shape index (κ1) is 23.0. The molecule has 0 saturated carbocycles. The van der Waals surface area contributed by atoms with E-state index in [2.05, 4.69) is 5.43 Å². The highest BCUT2D eigenvalue weighted by atomic mass is 32.2. The van der Waals surface area contributed by atoms with E-state index >= 15 is 0 Å². The standard InChI is InChI=1S/C20H17N3O7S2/c1-28-14-7-11(8-15(29-2)17(14)30-3)9-16-19(25)22(20(31)32-16)21-18(24)12-5-4-6-13(10-12)23(26)27/h4-10H,1-3H3,(H,21,24)/b16-9+. The summed E-state index contributed by atoms with van der Waals surface area (Å²) in [6, 6.07) is 8.47. The summed E-state index contributed by atoms with van der Waals surface area (Å²) in [6.07, 6.45) is 1.57. The predicted octanol–water partition coefficient (Wildman–Crippen LogP) is 3.17. The molecule has 1 fully saturated rings. The number of benzene rings is 2. The molecular weight excluding hydrogens is 458 g/mol. The Labute approximate surface area is 192 Å². The van der Waals surface area contributed by atoms with E-state index in [1.54, 1.807) is 18.2 Å². The normalized spacial score (nSPS) is 14.5. The minimum atomic E-state index is -0.709. The zero-order valence-corrected chi connectivity index (χ0v) is 18.7. The van der Waals surface area contributed by atoms with Gasteiger partial charge < -0.3 is 14.2 Å². The molecule has 1 aliphatic heterocycles. The Morgan fingerprint density at radius 3 is 2.38 bits per heavy atom. The Balaban J connectivity index is 1.85. The number of carbonyl (C=O) groups excluding carboxylic acids is 2. The zero-order valence-electron chi connectivity index (χ0n) is 17.1. The third-order valence-electron chi connectivity index (χ3n) is 4.31. The molecule has 0 aliphatic carbocycles. The number of carbonyl (C=O) groups is 2. The van der Waals surface area contributed by atoms with Crippen LogP contribution >= 0.6 is 24.0 Å². The maximum atomic E-state index is 12.8. The lowest BCUT2D eigenvalue weighted by Crippen LogP contribution is -2.44. The van der Waals surface area contributed by atoms with Crippen LogP contribution in [0, 0.1) is 10.1 Å². The molecule has 3 rings (SSSR count). The van der Waals surface area contributed by atoms with Gasteiger partial charge in [-0.2, -0.15) is 5.01 Å². The van der Waals surface area contributed by atoms with Crippen LogP contribution in [0.15, 0.2) is 41.3 Å². The van der Waals surface area contributed by atoms with Crippen LogP contribution in [0.4, 0.5) is 5.69 Å². The first-order valence-corrected chi connectivity index (χ1v) is 10.1. The van der Waals surface area contributed by atoms with Gasteiger partial charge >= 0.3 is 0 Å².